The van der Waals surface area contributed by atoms with Gasteiger partial charge in [-0.2, -0.15) is 0 Å². The first-order valence-corrected chi connectivity index (χ1v) is 19.6. The predicted octanol–water partition coefficient (Wildman–Crippen LogP) is 0.0605. The van der Waals surface area contributed by atoms with E-state index in [0.29, 0.717) is 32.1 Å². The Morgan fingerprint density at radius 3 is 1.46 bits per heavy atom. The van der Waals surface area contributed by atoms with Crippen molar-refractivity contribution in [2.45, 2.75) is 84.8 Å². The van der Waals surface area contributed by atoms with Gasteiger partial charge in [0.1, 0.15) is 0 Å². The van der Waals surface area contributed by atoms with Gasteiger partial charge >= 0.3 is 35.8 Å². The van der Waals surface area contributed by atoms with E-state index in [9.17, 15) is 28.8 Å². The van der Waals surface area contributed by atoms with Crippen LogP contribution in [0.25, 0.3) is 0 Å². The fourth-order valence-electron chi connectivity index (χ4n) is 3.13. The lowest BCUT2D eigenvalue weighted by atomic mass is 9.93. The van der Waals surface area contributed by atoms with Crippen molar-refractivity contribution in [3.8, 4) is 0 Å². The largest absolute Gasteiger partial charge is 0.515 e. The van der Waals surface area contributed by atoms with E-state index in [0.717, 1.165) is 50.7 Å². The molecule has 2 fully saturated rings. The summed E-state index contributed by atoms with van der Waals surface area (Å²) in [5.41, 5.74) is -2.10. The van der Waals surface area contributed by atoms with Crippen LogP contribution in [-0.4, -0.2) is 176 Å². The van der Waals surface area contributed by atoms with Crippen LogP contribution in [0, 0.1) is 16.7 Å². The molecule has 12 N–H and O–H groups in total. The third kappa shape index (κ3) is 39.8. The van der Waals surface area contributed by atoms with Gasteiger partial charge in [0.25, 0.3) is 0 Å². The summed E-state index contributed by atoms with van der Waals surface area (Å²) in [7, 11) is 0. The number of carbonyl (C=O) groups is 6. The van der Waals surface area contributed by atoms with Gasteiger partial charge in [0.2, 0.25) is 6.29 Å². The second-order valence-corrected chi connectivity index (χ2v) is 13.6. The van der Waals surface area contributed by atoms with Crippen LogP contribution in [0.1, 0.15) is 78.6 Å². The molecule has 0 aromatic rings. The van der Waals surface area contributed by atoms with Crippen molar-refractivity contribution in [1.29, 1.82) is 0 Å². The first-order valence-electron chi connectivity index (χ1n) is 19.6. The van der Waals surface area contributed by atoms with Crippen LogP contribution >= 0.6 is 0 Å². The van der Waals surface area contributed by atoms with E-state index in [1.165, 1.54) is 13.8 Å². The minimum absolute atomic E-state index is 0.0255. The number of aliphatic hydroxyl groups is 10. The van der Waals surface area contributed by atoms with Gasteiger partial charge in [0.15, 0.2) is 0 Å². The third-order valence-electron chi connectivity index (χ3n) is 8.08. The summed E-state index contributed by atoms with van der Waals surface area (Å²) >= 11 is 0. The molecule has 22 heteroatoms. The molecule has 0 spiro atoms. The highest BCUT2D eigenvalue weighted by Gasteiger charge is 2.27. The van der Waals surface area contributed by atoms with Crippen LogP contribution in [0.5, 0.6) is 0 Å². The fourth-order valence-corrected chi connectivity index (χ4v) is 3.13. The van der Waals surface area contributed by atoms with E-state index >= 15 is 0 Å². The lowest BCUT2D eigenvalue weighted by Gasteiger charge is -2.23. The van der Waals surface area contributed by atoms with Gasteiger partial charge < -0.3 is 80.2 Å². The van der Waals surface area contributed by atoms with Crippen molar-refractivity contribution in [3.63, 3.8) is 0 Å². The Morgan fingerprint density at radius 2 is 1.14 bits per heavy atom. The number of carboxylic acid groups (broad SMARTS) is 2. The fraction of sp³-hybridized carbons (Fsp3) is 0.659. The Morgan fingerprint density at radius 1 is 0.714 bits per heavy atom. The molecule has 63 heavy (non-hydrogen) atoms. The molecule has 0 saturated carbocycles. The quantitative estimate of drug-likeness (QED) is 0.0397. The lowest BCUT2D eigenvalue weighted by molar-refractivity contribution is -0.183. The number of hydrogen-bond donors (Lipinski definition) is 12. The van der Waals surface area contributed by atoms with Crippen LogP contribution < -0.4 is 0 Å². The van der Waals surface area contributed by atoms with E-state index in [-0.39, 0.29) is 42.2 Å². The molecular weight excluding hydrogens is 844 g/mol. The summed E-state index contributed by atoms with van der Waals surface area (Å²) in [5.74, 6) is -3.30. The van der Waals surface area contributed by atoms with Crippen molar-refractivity contribution >= 4 is 35.8 Å². The van der Waals surface area contributed by atoms with Crippen LogP contribution in [0.15, 0.2) is 49.3 Å². The standard InChI is InChI=1S/C9H12O4.C8H14O3.C6H10O2.2C5H12O4.C4H6O3.C4H6O2/c1-2-7(10)12-9-6-4-3-5-8(11)13-9;1-3-7(5-9)6-11-8(10)4-2;7-6-4-2-1-3-5-8-6;2*6-1-5(2-7,3-8)4-9;1-3(2-5)4(6)7;1-3(2)4(5)6/h2,9H,1,3-6H2;4,7,9H,2-3,5-6H2,1H3;1-5H2;2*6-9H,1-4H2;2,5H,1H3,(H,6,7);1H2,2H3,(H,5,6). The number of aliphatic hydroxyl groups excluding tert-OH is 10. The first kappa shape index (κ1) is 67.3. The zero-order chi connectivity index (χ0) is 49.9. The third-order valence-corrected chi connectivity index (χ3v) is 8.08. The molecule has 2 rings (SSSR count). The molecule has 0 aromatic heterocycles. The number of carbonyl (C=O) groups excluding carboxylic acids is 4. The summed E-state index contributed by atoms with van der Waals surface area (Å²) < 4.78 is 19.1. The van der Waals surface area contributed by atoms with E-state index in [1.807, 2.05) is 6.92 Å². The van der Waals surface area contributed by atoms with Crippen LogP contribution in [0.3, 0.4) is 0 Å². The van der Waals surface area contributed by atoms with Crippen LogP contribution in [0.2, 0.25) is 0 Å². The molecule has 2 saturated heterocycles. The number of rotatable bonds is 17. The number of ether oxygens (including phenoxy) is 4. The molecule has 2 aliphatic rings. The van der Waals surface area contributed by atoms with E-state index in [1.54, 1.807) is 0 Å². The highest BCUT2D eigenvalue weighted by molar-refractivity contribution is 5.85. The van der Waals surface area contributed by atoms with Gasteiger partial charge in [-0.1, -0.05) is 26.7 Å². The second-order valence-electron chi connectivity index (χ2n) is 13.6. The zero-order valence-corrected chi connectivity index (χ0v) is 36.6. The maximum Gasteiger partial charge on any atom is 0.334 e. The SMILES string of the molecule is C=C(C)C(=O)O.C=CC(=O)OC1CCCCC(=O)O1.C=CC(=O)OCC(CC)CO.CC(=CO)C(=O)O.O=C1CCCCCO1.OCC(CO)(CO)CO.OCC(CO)(CO)CO. The van der Waals surface area contributed by atoms with Gasteiger partial charge in [0.05, 0.1) is 88.7 Å². The average molecular weight is 917 g/mol. The summed E-state index contributed by atoms with van der Waals surface area (Å²) in [6, 6.07) is 0. The Labute approximate surface area is 368 Å². The maximum atomic E-state index is 10.9. The number of cyclic esters (lactones) is 2. The summed E-state index contributed by atoms with van der Waals surface area (Å²) in [6.45, 7) is 12.1. The minimum Gasteiger partial charge on any atom is -0.515 e. The van der Waals surface area contributed by atoms with E-state index in [2.05, 4.69) is 19.7 Å². The average Bonchev–Trinajstić information content (AvgIpc) is 3.67. The van der Waals surface area contributed by atoms with Gasteiger partial charge in [-0.15, -0.1) is 0 Å². The maximum absolute atomic E-state index is 10.9. The molecular formula is C41H72O22. The zero-order valence-electron chi connectivity index (χ0n) is 36.6. The molecule has 0 amide bonds. The van der Waals surface area contributed by atoms with Crippen molar-refractivity contribution in [3.05, 3.63) is 49.3 Å². The minimum atomic E-state index is -1.11. The van der Waals surface area contributed by atoms with E-state index < -0.39 is 93.9 Å². The first-order chi connectivity index (χ1) is 29.7. The van der Waals surface area contributed by atoms with Crippen molar-refractivity contribution < 1.29 is 109 Å². The van der Waals surface area contributed by atoms with Crippen molar-refractivity contribution in [1.82, 2.24) is 0 Å². The molecule has 22 nitrogen and oxygen atoms in total. The van der Waals surface area contributed by atoms with Gasteiger partial charge in [-0.05, 0) is 52.4 Å². The molecule has 368 valence electrons. The highest BCUT2D eigenvalue weighted by atomic mass is 16.7. The van der Waals surface area contributed by atoms with Crippen molar-refractivity contribution in [2.24, 2.45) is 16.7 Å². The number of hydrogen-bond acceptors (Lipinski definition) is 20. The smallest absolute Gasteiger partial charge is 0.334 e. The summed E-state index contributed by atoms with van der Waals surface area (Å²) in [4.78, 5) is 62.0. The number of carboxylic acids is 2. The van der Waals surface area contributed by atoms with E-state index in [4.69, 9.17) is 80.2 Å². The topological polar surface area (TPSA) is 382 Å². The van der Waals surface area contributed by atoms with Gasteiger partial charge in [0, 0.05) is 49.5 Å². The monoisotopic (exact) mass is 916 g/mol. The van der Waals surface area contributed by atoms with Crippen molar-refractivity contribution in [2.75, 3.05) is 72.7 Å². The second kappa shape index (κ2) is 43.9. The molecule has 0 aliphatic carbocycles. The normalized spacial score (nSPS) is 15.0. The Hall–Kier alpha value is -4.78. The Bertz CT molecular complexity index is 1220. The van der Waals surface area contributed by atoms with Crippen LogP contribution in [-0.2, 0) is 47.7 Å². The number of esters is 4. The highest BCUT2D eigenvalue weighted by Crippen LogP contribution is 2.15. The number of aliphatic carboxylic acids is 2. The molecule has 0 radical (unpaired) electrons. The molecule has 2 atom stereocenters. The summed E-state index contributed by atoms with van der Waals surface area (Å²) in [5, 5.41) is 100. The van der Waals surface area contributed by atoms with Crippen LogP contribution in [0.4, 0.5) is 0 Å². The molecule has 0 aromatic carbocycles. The van der Waals surface area contributed by atoms with Gasteiger partial charge in [-0.25, -0.2) is 19.2 Å². The summed E-state index contributed by atoms with van der Waals surface area (Å²) in [6.07, 6.45) is 9.25. The molecule has 2 unspecified atom stereocenters. The molecule has 0 bridgehead atoms. The Kier molecular flexibility index (Phi) is 46.8. The lowest BCUT2D eigenvalue weighted by Crippen LogP contribution is -2.37. The van der Waals surface area contributed by atoms with Gasteiger partial charge in [-0.3, -0.25) is 9.59 Å². The Balaban J connectivity index is -0.000000211. The molecule has 2 heterocycles. The predicted molar refractivity (Wildman–Crippen MR) is 224 cm³/mol. The molecule has 2 aliphatic heterocycles.